The van der Waals surface area contributed by atoms with E-state index in [0.29, 0.717) is 19.6 Å². The van der Waals surface area contributed by atoms with Crippen LogP contribution in [0.4, 0.5) is 9.59 Å². The maximum atomic E-state index is 12.2. The summed E-state index contributed by atoms with van der Waals surface area (Å²) in [4.78, 5) is 37.6. The number of esters is 1. The highest BCUT2D eigenvalue weighted by atomic mass is 16.6. The van der Waals surface area contributed by atoms with Crippen LogP contribution in [0, 0.1) is 5.92 Å². The van der Waals surface area contributed by atoms with Crippen molar-refractivity contribution in [3.63, 3.8) is 0 Å². The summed E-state index contributed by atoms with van der Waals surface area (Å²) in [6.45, 7) is 7.22. The highest BCUT2D eigenvalue weighted by Crippen LogP contribution is 2.19. The number of benzene rings is 1. The molecule has 30 heavy (non-hydrogen) atoms. The number of nitrogens with one attached hydrogen (secondary N) is 2. The van der Waals surface area contributed by atoms with Crippen molar-refractivity contribution in [2.75, 3.05) is 26.7 Å². The number of carbonyl (C=O) groups is 3. The summed E-state index contributed by atoms with van der Waals surface area (Å²) < 4.78 is 15.2. The molecule has 1 aromatic carbocycles. The Labute approximate surface area is 177 Å². The predicted molar refractivity (Wildman–Crippen MR) is 109 cm³/mol. The third-order valence-electron chi connectivity index (χ3n) is 4.45. The van der Waals surface area contributed by atoms with Gasteiger partial charge in [-0.2, -0.15) is 0 Å². The summed E-state index contributed by atoms with van der Waals surface area (Å²) in [7, 11) is 1.30. The van der Waals surface area contributed by atoms with Gasteiger partial charge < -0.3 is 24.8 Å². The summed E-state index contributed by atoms with van der Waals surface area (Å²) in [5.41, 5.74) is 0.320. The highest BCUT2D eigenvalue weighted by molar-refractivity contribution is 5.72. The molecular weight excluding hydrogens is 390 g/mol. The van der Waals surface area contributed by atoms with Gasteiger partial charge in [0.15, 0.2) is 0 Å². The Morgan fingerprint density at radius 1 is 1.13 bits per heavy atom. The van der Waals surface area contributed by atoms with Gasteiger partial charge in [0, 0.05) is 25.6 Å². The molecule has 9 heteroatoms. The number of nitrogens with zero attached hydrogens (tertiary/aromatic N) is 1. The Hall–Kier alpha value is -2.81. The SMILES string of the molecule is COC(=O)CC(NC(=O)OCc1ccccc1)N1CC(CNC(=O)OC(C)(C)C)C1. The Balaban J connectivity index is 1.78. The standard InChI is InChI=1S/C21H31N3O6/c1-21(2,3)30-19(26)22-11-16-12-24(13-16)17(10-18(25)28-4)23-20(27)29-14-15-8-6-5-7-9-15/h5-9,16-17H,10-14H2,1-4H3,(H,22,26)(H,23,27). The zero-order chi connectivity index (χ0) is 22.1. The van der Waals surface area contributed by atoms with Crippen molar-refractivity contribution >= 4 is 18.2 Å². The smallest absolute Gasteiger partial charge is 0.408 e. The van der Waals surface area contributed by atoms with Crippen LogP contribution in [-0.2, 0) is 25.6 Å². The lowest BCUT2D eigenvalue weighted by atomic mass is 9.98. The molecule has 0 saturated carbocycles. The number of amides is 2. The van der Waals surface area contributed by atoms with Crippen LogP contribution < -0.4 is 10.6 Å². The fourth-order valence-corrected chi connectivity index (χ4v) is 2.95. The maximum absolute atomic E-state index is 12.2. The molecule has 0 radical (unpaired) electrons. The minimum Gasteiger partial charge on any atom is -0.469 e. The van der Waals surface area contributed by atoms with E-state index in [1.807, 2.05) is 35.2 Å². The molecule has 1 unspecified atom stereocenters. The summed E-state index contributed by atoms with van der Waals surface area (Å²) in [6, 6.07) is 9.33. The molecule has 0 bridgehead atoms. The lowest BCUT2D eigenvalue weighted by Gasteiger charge is -2.44. The summed E-state index contributed by atoms with van der Waals surface area (Å²) in [6.07, 6.45) is -1.61. The number of hydrogen-bond donors (Lipinski definition) is 2. The van der Waals surface area contributed by atoms with Crippen molar-refractivity contribution in [3.8, 4) is 0 Å². The molecule has 1 aliphatic heterocycles. The monoisotopic (exact) mass is 421 g/mol. The molecule has 0 spiro atoms. The van der Waals surface area contributed by atoms with E-state index >= 15 is 0 Å². The Morgan fingerprint density at radius 2 is 1.80 bits per heavy atom. The zero-order valence-electron chi connectivity index (χ0n) is 18.0. The van der Waals surface area contributed by atoms with Crippen molar-refractivity contribution in [1.29, 1.82) is 0 Å². The van der Waals surface area contributed by atoms with Crippen LogP contribution in [0.3, 0.4) is 0 Å². The van der Waals surface area contributed by atoms with Gasteiger partial charge in [-0.25, -0.2) is 9.59 Å². The third-order valence-corrected chi connectivity index (χ3v) is 4.45. The second-order valence-electron chi connectivity index (χ2n) is 8.20. The van der Waals surface area contributed by atoms with Crippen LogP contribution in [0.2, 0.25) is 0 Å². The van der Waals surface area contributed by atoms with Gasteiger partial charge in [-0.3, -0.25) is 9.69 Å². The third kappa shape index (κ3) is 8.28. The van der Waals surface area contributed by atoms with Crippen LogP contribution >= 0.6 is 0 Å². The molecule has 2 N–H and O–H groups in total. The molecule has 9 nitrogen and oxygen atoms in total. The second-order valence-corrected chi connectivity index (χ2v) is 8.20. The van der Waals surface area contributed by atoms with E-state index in [0.717, 1.165) is 5.56 Å². The van der Waals surface area contributed by atoms with E-state index in [1.54, 1.807) is 20.8 Å². The van der Waals surface area contributed by atoms with E-state index in [-0.39, 0.29) is 18.9 Å². The number of carbonyl (C=O) groups excluding carboxylic acids is 3. The van der Waals surface area contributed by atoms with Gasteiger partial charge in [0.2, 0.25) is 0 Å². The van der Waals surface area contributed by atoms with Crippen LogP contribution in [-0.4, -0.2) is 61.6 Å². The van der Waals surface area contributed by atoms with Crippen molar-refractivity contribution in [2.24, 2.45) is 5.92 Å². The number of ether oxygens (including phenoxy) is 3. The first-order valence-corrected chi connectivity index (χ1v) is 9.91. The van der Waals surface area contributed by atoms with Crippen molar-refractivity contribution < 1.29 is 28.6 Å². The summed E-state index contributed by atoms with van der Waals surface area (Å²) >= 11 is 0. The second kappa shape index (κ2) is 10.8. The molecule has 1 fully saturated rings. The Morgan fingerprint density at radius 3 is 2.40 bits per heavy atom. The van der Waals surface area contributed by atoms with Gasteiger partial charge in [0.1, 0.15) is 12.2 Å². The van der Waals surface area contributed by atoms with Crippen molar-refractivity contribution in [1.82, 2.24) is 15.5 Å². The van der Waals surface area contributed by atoms with E-state index in [9.17, 15) is 14.4 Å². The lowest BCUT2D eigenvalue weighted by Crippen LogP contribution is -2.61. The topological polar surface area (TPSA) is 106 Å². The predicted octanol–water partition coefficient (Wildman–Crippen LogP) is 2.26. The molecule has 0 aromatic heterocycles. The quantitative estimate of drug-likeness (QED) is 0.490. The average Bonchev–Trinajstić information content (AvgIpc) is 2.64. The average molecular weight is 421 g/mol. The van der Waals surface area contributed by atoms with Gasteiger partial charge in [-0.15, -0.1) is 0 Å². The largest absolute Gasteiger partial charge is 0.469 e. The number of methoxy groups -OCH3 is 1. The molecule has 1 heterocycles. The molecule has 1 saturated heterocycles. The molecule has 1 aromatic rings. The van der Waals surface area contributed by atoms with Gasteiger partial charge in [0.25, 0.3) is 0 Å². The fraction of sp³-hybridized carbons (Fsp3) is 0.571. The molecule has 1 aliphatic rings. The molecular formula is C21H31N3O6. The van der Waals surface area contributed by atoms with Crippen molar-refractivity contribution in [3.05, 3.63) is 35.9 Å². The first kappa shape index (κ1) is 23.5. The normalized spacial score (nSPS) is 15.5. The van der Waals surface area contributed by atoms with E-state index in [2.05, 4.69) is 10.6 Å². The lowest BCUT2D eigenvalue weighted by molar-refractivity contribution is -0.143. The number of alkyl carbamates (subject to hydrolysis) is 2. The molecule has 166 valence electrons. The Bertz CT molecular complexity index is 713. The first-order chi connectivity index (χ1) is 14.2. The molecule has 2 amide bonds. The van der Waals surface area contributed by atoms with Crippen LogP contribution in [0.5, 0.6) is 0 Å². The van der Waals surface area contributed by atoms with Gasteiger partial charge in [-0.1, -0.05) is 30.3 Å². The van der Waals surface area contributed by atoms with E-state index < -0.39 is 29.9 Å². The first-order valence-electron chi connectivity index (χ1n) is 9.91. The zero-order valence-corrected chi connectivity index (χ0v) is 18.0. The summed E-state index contributed by atoms with van der Waals surface area (Å²) in [5.74, 6) is -0.238. The van der Waals surface area contributed by atoms with Gasteiger partial charge in [0.05, 0.1) is 19.7 Å². The van der Waals surface area contributed by atoms with E-state index in [4.69, 9.17) is 14.2 Å². The van der Waals surface area contributed by atoms with E-state index in [1.165, 1.54) is 7.11 Å². The van der Waals surface area contributed by atoms with Gasteiger partial charge >= 0.3 is 18.2 Å². The minimum absolute atomic E-state index is 0.00313. The number of likely N-dealkylation sites (tertiary alicyclic amines) is 1. The van der Waals surface area contributed by atoms with Crippen LogP contribution in [0.1, 0.15) is 32.8 Å². The number of hydrogen-bond acceptors (Lipinski definition) is 7. The maximum Gasteiger partial charge on any atom is 0.408 e. The van der Waals surface area contributed by atoms with Crippen molar-refractivity contribution in [2.45, 2.75) is 45.6 Å². The molecule has 1 atom stereocenters. The van der Waals surface area contributed by atoms with Crippen LogP contribution in [0.25, 0.3) is 0 Å². The minimum atomic E-state index is -0.608. The molecule has 0 aliphatic carbocycles. The fourth-order valence-electron chi connectivity index (χ4n) is 2.95. The number of rotatable bonds is 8. The summed E-state index contributed by atoms with van der Waals surface area (Å²) in [5, 5.41) is 5.46. The highest BCUT2D eigenvalue weighted by Gasteiger charge is 2.35. The Kier molecular flexibility index (Phi) is 8.46. The van der Waals surface area contributed by atoms with Gasteiger partial charge in [-0.05, 0) is 26.3 Å². The van der Waals surface area contributed by atoms with Crippen LogP contribution in [0.15, 0.2) is 30.3 Å². The molecule has 2 rings (SSSR count).